The van der Waals surface area contributed by atoms with Gasteiger partial charge in [-0.25, -0.2) is 0 Å². The van der Waals surface area contributed by atoms with Crippen molar-refractivity contribution in [3.8, 4) is 0 Å². The summed E-state index contributed by atoms with van der Waals surface area (Å²) in [5.41, 5.74) is 5.59. The summed E-state index contributed by atoms with van der Waals surface area (Å²) in [6.45, 7) is 10.6. The number of benzene rings is 2. The van der Waals surface area contributed by atoms with E-state index in [4.69, 9.17) is 4.74 Å². The quantitative estimate of drug-likeness (QED) is 0.710. The minimum atomic E-state index is 0.0189. The van der Waals surface area contributed by atoms with E-state index in [1.54, 1.807) is 0 Å². The Labute approximate surface area is 140 Å². The lowest BCUT2D eigenvalue weighted by Crippen LogP contribution is -2.28. The second kappa shape index (κ2) is 6.49. The monoisotopic (exact) mass is 308 g/mol. The topological polar surface area (TPSA) is 9.23 Å². The molecule has 1 heteroatoms. The molecule has 2 aromatic carbocycles. The lowest BCUT2D eigenvalue weighted by molar-refractivity contribution is 0.184. The van der Waals surface area contributed by atoms with Gasteiger partial charge in [0.15, 0.2) is 0 Å². The molecular formula is C22H28O. The Balaban J connectivity index is 1.99. The molecule has 0 spiro atoms. The zero-order valence-electron chi connectivity index (χ0n) is 14.8. The molecule has 23 heavy (non-hydrogen) atoms. The molecule has 1 aliphatic rings. The van der Waals surface area contributed by atoms with E-state index >= 15 is 0 Å². The first-order valence-electron chi connectivity index (χ1n) is 8.81. The highest BCUT2D eigenvalue weighted by Gasteiger charge is 2.38. The molecule has 3 rings (SSSR count). The minimum absolute atomic E-state index is 0.0189. The summed E-state index contributed by atoms with van der Waals surface area (Å²) in [6, 6.07) is 18.3. The lowest BCUT2D eigenvalue weighted by Gasteiger charge is -2.29. The minimum Gasteiger partial charge on any atom is -0.380 e. The Kier molecular flexibility index (Phi) is 4.59. The van der Waals surface area contributed by atoms with Crippen molar-refractivity contribution in [2.75, 3.05) is 13.2 Å². The van der Waals surface area contributed by atoms with Crippen molar-refractivity contribution in [1.29, 1.82) is 0 Å². The van der Waals surface area contributed by atoms with Crippen molar-refractivity contribution in [2.45, 2.75) is 51.4 Å². The maximum Gasteiger partial charge on any atom is 0.0604 e. The molecule has 1 nitrogen and oxygen atoms in total. The van der Waals surface area contributed by atoms with Crippen LogP contribution in [0.2, 0.25) is 0 Å². The van der Waals surface area contributed by atoms with E-state index in [1.165, 1.54) is 22.3 Å². The van der Waals surface area contributed by atoms with E-state index in [0.717, 1.165) is 19.6 Å². The first kappa shape index (κ1) is 16.3. The second-order valence-electron chi connectivity index (χ2n) is 7.44. The largest absolute Gasteiger partial charge is 0.380 e. The molecule has 1 aliphatic heterocycles. The van der Waals surface area contributed by atoms with Crippen molar-refractivity contribution < 1.29 is 4.74 Å². The summed E-state index contributed by atoms with van der Waals surface area (Å²) in [5.74, 6) is 1.15. The van der Waals surface area contributed by atoms with Gasteiger partial charge in [0.25, 0.3) is 0 Å². The molecule has 1 saturated heterocycles. The third-order valence-corrected chi connectivity index (χ3v) is 5.28. The summed E-state index contributed by atoms with van der Waals surface area (Å²) in [5, 5.41) is 0. The van der Waals surface area contributed by atoms with E-state index in [1.807, 2.05) is 0 Å². The van der Waals surface area contributed by atoms with E-state index < -0.39 is 0 Å². The summed E-state index contributed by atoms with van der Waals surface area (Å²) in [7, 11) is 0. The van der Waals surface area contributed by atoms with Gasteiger partial charge in [0.05, 0.1) is 6.61 Å². The van der Waals surface area contributed by atoms with Crippen LogP contribution in [0.1, 0.15) is 68.2 Å². The van der Waals surface area contributed by atoms with Gasteiger partial charge in [0.2, 0.25) is 0 Å². The standard InChI is InChI=1S/C22H28O/c1-16(2)18-5-9-20(10-6-18)22(13-14-23-15-22)21-11-7-19(8-12-21)17(3)4/h5-12,16-17H,13-15H2,1-4H3. The normalized spacial score (nSPS) is 17.1. The van der Waals surface area contributed by atoms with Gasteiger partial charge in [0.1, 0.15) is 0 Å². The molecule has 0 unspecified atom stereocenters. The van der Waals surface area contributed by atoms with Gasteiger partial charge in [-0.3, -0.25) is 0 Å². The highest BCUT2D eigenvalue weighted by molar-refractivity contribution is 5.43. The first-order valence-corrected chi connectivity index (χ1v) is 8.81. The molecule has 1 heterocycles. The fourth-order valence-electron chi connectivity index (χ4n) is 3.56. The maximum atomic E-state index is 5.82. The zero-order valence-corrected chi connectivity index (χ0v) is 14.8. The van der Waals surface area contributed by atoms with Crippen molar-refractivity contribution in [2.24, 2.45) is 0 Å². The van der Waals surface area contributed by atoms with Crippen LogP contribution in [0, 0.1) is 0 Å². The van der Waals surface area contributed by atoms with Crippen LogP contribution in [-0.4, -0.2) is 13.2 Å². The van der Waals surface area contributed by atoms with E-state index in [2.05, 4.69) is 76.2 Å². The Morgan fingerprint density at radius 1 is 0.739 bits per heavy atom. The predicted octanol–water partition coefficient (Wildman–Crippen LogP) is 5.64. The SMILES string of the molecule is CC(C)c1ccc(C2(c3ccc(C(C)C)cc3)CCOC2)cc1. The molecule has 0 amide bonds. The van der Waals surface area contributed by atoms with Gasteiger partial charge < -0.3 is 4.74 Å². The molecule has 0 bridgehead atoms. The Bertz CT molecular complexity index is 575. The molecule has 0 radical (unpaired) electrons. The highest BCUT2D eigenvalue weighted by Crippen LogP contribution is 2.40. The van der Waals surface area contributed by atoms with Crippen molar-refractivity contribution in [3.63, 3.8) is 0 Å². The molecule has 0 aromatic heterocycles. The Morgan fingerprint density at radius 2 is 1.17 bits per heavy atom. The highest BCUT2D eigenvalue weighted by atomic mass is 16.5. The van der Waals surface area contributed by atoms with E-state index in [0.29, 0.717) is 11.8 Å². The van der Waals surface area contributed by atoms with Crippen LogP contribution in [0.3, 0.4) is 0 Å². The van der Waals surface area contributed by atoms with Crippen LogP contribution in [0.15, 0.2) is 48.5 Å². The number of hydrogen-bond donors (Lipinski definition) is 0. The van der Waals surface area contributed by atoms with Crippen molar-refractivity contribution >= 4 is 0 Å². The molecule has 0 N–H and O–H groups in total. The molecule has 2 aromatic rings. The van der Waals surface area contributed by atoms with Crippen LogP contribution >= 0.6 is 0 Å². The average molecular weight is 308 g/mol. The van der Waals surface area contributed by atoms with E-state index in [9.17, 15) is 0 Å². The van der Waals surface area contributed by atoms with Gasteiger partial charge >= 0.3 is 0 Å². The first-order chi connectivity index (χ1) is 11.0. The summed E-state index contributed by atoms with van der Waals surface area (Å²) < 4.78 is 5.82. The molecule has 0 aliphatic carbocycles. The third kappa shape index (κ3) is 3.07. The fraction of sp³-hybridized carbons (Fsp3) is 0.455. The Morgan fingerprint density at radius 3 is 1.48 bits per heavy atom. The van der Waals surface area contributed by atoms with Crippen LogP contribution in [0.4, 0.5) is 0 Å². The maximum absolute atomic E-state index is 5.82. The summed E-state index contributed by atoms with van der Waals surface area (Å²) >= 11 is 0. The number of rotatable bonds is 4. The Hall–Kier alpha value is -1.60. The molecular weight excluding hydrogens is 280 g/mol. The fourth-order valence-corrected chi connectivity index (χ4v) is 3.56. The zero-order chi connectivity index (χ0) is 16.4. The van der Waals surface area contributed by atoms with Gasteiger partial charge in [0, 0.05) is 12.0 Å². The summed E-state index contributed by atoms with van der Waals surface area (Å²) in [6.07, 6.45) is 1.06. The number of ether oxygens (including phenoxy) is 1. The summed E-state index contributed by atoms with van der Waals surface area (Å²) in [4.78, 5) is 0. The van der Waals surface area contributed by atoms with Gasteiger partial charge in [-0.1, -0.05) is 76.2 Å². The third-order valence-electron chi connectivity index (χ3n) is 5.28. The van der Waals surface area contributed by atoms with Crippen LogP contribution in [0.5, 0.6) is 0 Å². The molecule has 0 atom stereocenters. The van der Waals surface area contributed by atoms with Crippen LogP contribution < -0.4 is 0 Å². The van der Waals surface area contributed by atoms with Crippen LogP contribution in [-0.2, 0) is 10.2 Å². The van der Waals surface area contributed by atoms with Crippen molar-refractivity contribution in [1.82, 2.24) is 0 Å². The second-order valence-corrected chi connectivity index (χ2v) is 7.44. The van der Waals surface area contributed by atoms with Gasteiger partial charge in [-0.15, -0.1) is 0 Å². The number of hydrogen-bond acceptors (Lipinski definition) is 1. The van der Waals surface area contributed by atoms with Crippen molar-refractivity contribution in [3.05, 3.63) is 70.8 Å². The predicted molar refractivity (Wildman–Crippen MR) is 97.3 cm³/mol. The van der Waals surface area contributed by atoms with Crippen LogP contribution in [0.25, 0.3) is 0 Å². The lowest BCUT2D eigenvalue weighted by atomic mass is 9.73. The molecule has 122 valence electrons. The molecule has 1 fully saturated rings. The smallest absolute Gasteiger partial charge is 0.0604 e. The van der Waals surface area contributed by atoms with Gasteiger partial charge in [-0.05, 0) is 40.5 Å². The average Bonchev–Trinajstić information content (AvgIpc) is 3.06. The van der Waals surface area contributed by atoms with E-state index in [-0.39, 0.29) is 5.41 Å². The molecule has 0 saturated carbocycles. The van der Waals surface area contributed by atoms with Gasteiger partial charge in [-0.2, -0.15) is 0 Å².